The predicted octanol–water partition coefficient (Wildman–Crippen LogP) is 5.17. The molecule has 5 heteroatoms. The molecule has 2 heterocycles. The molecule has 0 unspecified atom stereocenters. The molecular weight excluding hydrogens is 491 g/mol. The quantitative estimate of drug-likeness (QED) is 0.305. The molecule has 0 spiro atoms. The van der Waals surface area contributed by atoms with Crippen molar-refractivity contribution in [2.45, 2.75) is 0 Å². The number of hydrogen-bond acceptors (Lipinski definition) is 2. The van der Waals surface area contributed by atoms with Gasteiger partial charge in [-0.25, -0.2) is 0 Å². The fraction of sp³-hybridized carbons (Fsp3) is 0.200. The molecule has 0 aliphatic carbocycles. The van der Waals surface area contributed by atoms with E-state index < -0.39 is 0 Å². The van der Waals surface area contributed by atoms with Crippen molar-refractivity contribution < 1.29 is 21.1 Å². The van der Waals surface area contributed by atoms with E-state index in [2.05, 4.69) is 57.0 Å². The van der Waals surface area contributed by atoms with E-state index in [4.69, 9.17) is 0 Å². The third-order valence-electron chi connectivity index (χ3n) is 3.33. The van der Waals surface area contributed by atoms with Crippen LogP contribution in [-0.4, -0.2) is 38.2 Å². The van der Waals surface area contributed by atoms with Gasteiger partial charge in [-0.2, -0.15) is 28.2 Å². The molecule has 0 bridgehead atoms. The van der Waals surface area contributed by atoms with Crippen molar-refractivity contribution >= 4 is 32.6 Å². The third kappa shape index (κ3) is 5.05. The fourth-order valence-corrected chi connectivity index (χ4v) is 2.49. The monoisotopic (exact) mass is 513 g/mol. The number of fused-ring (bicyclic) bond motifs is 5. The number of pyridine rings is 2. The van der Waals surface area contributed by atoms with Gasteiger partial charge in [0.1, 0.15) is 0 Å². The van der Waals surface area contributed by atoms with Gasteiger partial charge in [0.25, 0.3) is 0 Å². The Morgan fingerprint density at radius 3 is 1.36 bits per heavy atom. The van der Waals surface area contributed by atoms with Gasteiger partial charge >= 0.3 is 21.1 Å². The molecule has 0 N–H and O–H groups in total. The third-order valence-corrected chi connectivity index (χ3v) is 3.33. The van der Waals surface area contributed by atoms with E-state index in [0.717, 1.165) is 27.2 Å². The van der Waals surface area contributed by atoms with Crippen LogP contribution in [0.15, 0.2) is 60.9 Å². The van der Waals surface area contributed by atoms with Crippen molar-refractivity contribution in [2.24, 2.45) is 0 Å². The van der Waals surface area contributed by atoms with E-state index in [1.54, 1.807) is 28.2 Å². The summed E-state index contributed by atoms with van der Waals surface area (Å²) in [5.41, 5.74) is 2.05. The topological polar surface area (TPSA) is 54.0 Å². The van der Waals surface area contributed by atoms with Crippen molar-refractivity contribution in [3.63, 3.8) is 0 Å². The standard InChI is InChI=1S/C16H10N2.2C2H6N.Pt/c1-3-12-7-5-11-6-8-13-4-2-10-18-16(13)14(11)15(12)17-9-1;2*1-3-2;/h1-10H;2*1-2H3;/q;2*-1;+2. The van der Waals surface area contributed by atoms with Gasteiger partial charge in [0.05, 0.1) is 11.0 Å². The van der Waals surface area contributed by atoms with Gasteiger partial charge in [0.15, 0.2) is 0 Å². The minimum atomic E-state index is 0. The maximum absolute atomic E-state index is 4.52. The smallest absolute Gasteiger partial charge is 0.668 e. The molecule has 0 aliphatic heterocycles. The van der Waals surface area contributed by atoms with Gasteiger partial charge in [0, 0.05) is 28.6 Å². The van der Waals surface area contributed by atoms with Crippen LogP contribution >= 0.6 is 0 Å². The van der Waals surface area contributed by atoms with Crippen molar-refractivity contribution in [1.82, 2.24) is 9.97 Å². The van der Waals surface area contributed by atoms with Crippen LogP contribution in [0, 0.1) is 0 Å². The minimum absolute atomic E-state index is 0. The molecule has 0 aliphatic rings. The van der Waals surface area contributed by atoms with E-state index in [1.807, 2.05) is 24.5 Å². The fourth-order valence-electron chi connectivity index (χ4n) is 2.49. The SMILES string of the molecule is C[N-]C.C[N-]C.[Pt+2].c1cnc2c(c1)ccc1ccc3cccnc3c12. The first-order valence-electron chi connectivity index (χ1n) is 7.73. The van der Waals surface area contributed by atoms with Gasteiger partial charge in [-0.1, -0.05) is 36.4 Å². The molecule has 0 saturated carbocycles. The average Bonchev–Trinajstić information content (AvgIpc) is 2.62. The molecule has 0 radical (unpaired) electrons. The molecule has 4 rings (SSSR count). The number of benzene rings is 2. The summed E-state index contributed by atoms with van der Waals surface area (Å²) in [5, 5.41) is 11.6. The van der Waals surface area contributed by atoms with Gasteiger partial charge in [-0.05, 0) is 17.5 Å². The molecule has 0 amide bonds. The summed E-state index contributed by atoms with van der Waals surface area (Å²) >= 11 is 0. The molecule has 0 fully saturated rings. The van der Waals surface area contributed by atoms with Crippen LogP contribution in [0.4, 0.5) is 0 Å². The minimum Gasteiger partial charge on any atom is -0.668 e. The first kappa shape index (κ1) is 21.2. The summed E-state index contributed by atoms with van der Waals surface area (Å²) < 4.78 is 0. The maximum atomic E-state index is 4.52. The van der Waals surface area contributed by atoms with Crippen LogP contribution in [0.3, 0.4) is 0 Å². The van der Waals surface area contributed by atoms with E-state index in [-0.39, 0.29) is 21.1 Å². The summed E-state index contributed by atoms with van der Waals surface area (Å²) in [4.78, 5) is 9.04. The Bertz CT molecular complexity index is 852. The molecule has 0 atom stereocenters. The summed E-state index contributed by atoms with van der Waals surface area (Å²) in [5.74, 6) is 0. The molecule has 4 aromatic rings. The first-order chi connectivity index (χ1) is 11.8. The zero-order chi connectivity index (χ0) is 17.4. The van der Waals surface area contributed by atoms with Crippen LogP contribution < -0.4 is 0 Å². The molecule has 2 aromatic carbocycles. The Balaban J connectivity index is 0.000000398. The summed E-state index contributed by atoms with van der Waals surface area (Å²) in [7, 11) is 7.00. The molecule has 132 valence electrons. The zero-order valence-electron chi connectivity index (χ0n) is 14.9. The molecule has 2 aromatic heterocycles. The summed E-state index contributed by atoms with van der Waals surface area (Å²) in [6.07, 6.45) is 3.67. The maximum Gasteiger partial charge on any atom is 2.00 e. The Morgan fingerprint density at radius 2 is 0.960 bits per heavy atom. The second kappa shape index (κ2) is 10.9. The normalized spacial score (nSPS) is 9.60. The number of rotatable bonds is 0. The van der Waals surface area contributed by atoms with Crippen molar-refractivity contribution in [1.29, 1.82) is 0 Å². The summed E-state index contributed by atoms with van der Waals surface area (Å²) in [6.45, 7) is 0. The predicted molar refractivity (Wildman–Crippen MR) is 105 cm³/mol. The van der Waals surface area contributed by atoms with Crippen molar-refractivity contribution in [3.8, 4) is 0 Å². The van der Waals surface area contributed by atoms with E-state index in [9.17, 15) is 0 Å². The van der Waals surface area contributed by atoms with Crippen LogP contribution in [0.25, 0.3) is 43.2 Å². The van der Waals surface area contributed by atoms with Crippen molar-refractivity contribution in [3.05, 3.63) is 71.6 Å². The van der Waals surface area contributed by atoms with E-state index in [0.29, 0.717) is 0 Å². The molecular formula is C20H22N4Pt. The van der Waals surface area contributed by atoms with E-state index >= 15 is 0 Å². The number of nitrogens with zero attached hydrogens (tertiary/aromatic N) is 4. The summed E-state index contributed by atoms with van der Waals surface area (Å²) in [6, 6.07) is 16.6. The van der Waals surface area contributed by atoms with Gasteiger partial charge < -0.3 is 10.6 Å². The van der Waals surface area contributed by atoms with Gasteiger partial charge in [0.2, 0.25) is 0 Å². The van der Waals surface area contributed by atoms with E-state index in [1.165, 1.54) is 5.39 Å². The van der Waals surface area contributed by atoms with Crippen LogP contribution in [-0.2, 0) is 21.1 Å². The zero-order valence-corrected chi connectivity index (χ0v) is 17.2. The van der Waals surface area contributed by atoms with Crippen LogP contribution in [0.1, 0.15) is 0 Å². The molecule has 25 heavy (non-hydrogen) atoms. The average molecular weight is 514 g/mol. The Kier molecular flexibility index (Phi) is 9.22. The number of aromatic nitrogens is 2. The van der Waals surface area contributed by atoms with Crippen LogP contribution in [0.2, 0.25) is 0 Å². The van der Waals surface area contributed by atoms with Gasteiger partial charge in [-0.3, -0.25) is 9.97 Å². The Hall–Kier alpha value is -1.87. The number of hydrogen-bond donors (Lipinski definition) is 0. The Labute approximate surface area is 163 Å². The van der Waals surface area contributed by atoms with Crippen LogP contribution in [0.5, 0.6) is 0 Å². The first-order valence-corrected chi connectivity index (χ1v) is 7.73. The second-order valence-electron chi connectivity index (χ2n) is 5.27. The van der Waals surface area contributed by atoms with Gasteiger partial charge in [-0.15, -0.1) is 0 Å². The molecule has 0 saturated heterocycles. The second-order valence-corrected chi connectivity index (χ2v) is 5.27. The molecule has 4 nitrogen and oxygen atoms in total. The van der Waals surface area contributed by atoms with Crippen molar-refractivity contribution in [2.75, 3.05) is 28.2 Å². The Morgan fingerprint density at radius 1 is 0.600 bits per heavy atom. The largest absolute Gasteiger partial charge is 2.00 e.